The number of para-hydroxylation sites is 1. The molecular formula is C21H19Br2N3O2. The molecule has 0 spiro atoms. The lowest BCUT2D eigenvalue weighted by Gasteiger charge is -2.11. The van der Waals surface area contributed by atoms with Crippen LogP contribution in [0.2, 0.25) is 0 Å². The standard InChI is InChI=1S/C21H19Br2N3O2/c1-13-10-15(14(2)26(13)19-7-5-4-6-18(19)23)12-24-25-21(27)17-11-16(22)8-9-20(17)28-3/h4-12H,1-3H3,(H,25,27)/b24-12-. The third kappa shape index (κ3) is 4.20. The number of halogens is 2. The summed E-state index contributed by atoms with van der Waals surface area (Å²) in [5, 5.41) is 4.13. The van der Waals surface area contributed by atoms with Crippen molar-refractivity contribution in [2.75, 3.05) is 7.11 Å². The maximum atomic E-state index is 12.5. The Morgan fingerprint density at radius 3 is 2.61 bits per heavy atom. The molecule has 0 aliphatic carbocycles. The minimum atomic E-state index is -0.339. The van der Waals surface area contributed by atoms with E-state index in [0.29, 0.717) is 11.3 Å². The van der Waals surface area contributed by atoms with E-state index in [1.807, 2.05) is 50.2 Å². The molecular weight excluding hydrogens is 486 g/mol. The SMILES string of the molecule is COc1ccc(Br)cc1C(=O)N/N=C\c1cc(C)n(-c2ccccc2Br)c1C. The van der Waals surface area contributed by atoms with E-state index < -0.39 is 0 Å². The van der Waals surface area contributed by atoms with Crippen LogP contribution in [0.15, 0.2) is 62.6 Å². The fraction of sp³-hybridized carbons (Fsp3) is 0.143. The van der Waals surface area contributed by atoms with E-state index in [1.165, 1.54) is 7.11 Å². The Bertz CT molecular complexity index is 1060. The number of ether oxygens (including phenoxy) is 1. The van der Waals surface area contributed by atoms with Crippen molar-refractivity contribution in [3.63, 3.8) is 0 Å². The van der Waals surface area contributed by atoms with E-state index in [0.717, 1.165) is 31.6 Å². The van der Waals surface area contributed by atoms with E-state index in [9.17, 15) is 4.79 Å². The molecule has 0 atom stereocenters. The van der Waals surface area contributed by atoms with Crippen LogP contribution in [-0.4, -0.2) is 23.8 Å². The molecule has 0 saturated carbocycles. The van der Waals surface area contributed by atoms with Crippen molar-refractivity contribution in [3.8, 4) is 11.4 Å². The first-order valence-corrected chi connectivity index (χ1v) is 10.1. The molecule has 3 aromatic rings. The third-order valence-electron chi connectivity index (χ3n) is 4.34. The first-order valence-electron chi connectivity index (χ1n) is 8.53. The first kappa shape index (κ1) is 20.4. The van der Waals surface area contributed by atoms with Crippen LogP contribution in [0, 0.1) is 13.8 Å². The molecule has 0 bridgehead atoms. The molecule has 0 aliphatic heterocycles. The molecule has 1 amide bonds. The number of methoxy groups -OCH3 is 1. The van der Waals surface area contributed by atoms with Crippen molar-refractivity contribution in [3.05, 3.63) is 80.0 Å². The van der Waals surface area contributed by atoms with Gasteiger partial charge in [0.2, 0.25) is 0 Å². The van der Waals surface area contributed by atoms with Crippen LogP contribution in [0.5, 0.6) is 5.75 Å². The van der Waals surface area contributed by atoms with Gasteiger partial charge in [-0.1, -0.05) is 28.1 Å². The number of aromatic nitrogens is 1. The molecule has 7 heteroatoms. The average molecular weight is 505 g/mol. The number of benzene rings is 2. The molecule has 0 fully saturated rings. The second-order valence-electron chi connectivity index (χ2n) is 6.16. The van der Waals surface area contributed by atoms with Gasteiger partial charge in [0.05, 0.1) is 24.6 Å². The molecule has 1 heterocycles. The molecule has 0 unspecified atom stereocenters. The summed E-state index contributed by atoms with van der Waals surface area (Å²) in [4.78, 5) is 12.5. The highest BCUT2D eigenvalue weighted by atomic mass is 79.9. The number of nitrogens with one attached hydrogen (secondary N) is 1. The van der Waals surface area contributed by atoms with Crippen LogP contribution in [0.3, 0.4) is 0 Å². The molecule has 1 N–H and O–H groups in total. The Morgan fingerprint density at radius 1 is 1.14 bits per heavy atom. The Kier molecular flexibility index (Phi) is 6.36. The maximum absolute atomic E-state index is 12.5. The lowest BCUT2D eigenvalue weighted by atomic mass is 10.2. The summed E-state index contributed by atoms with van der Waals surface area (Å²) in [5.74, 6) is 0.150. The van der Waals surface area contributed by atoms with Crippen LogP contribution < -0.4 is 10.2 Å². The fourth-order valence-corrected chi connectivity index (χ4v) is 3.82. The zero-order valence-corrected chi connectivity index (χ0v) is 18.8. The van der Waals surface area contributed by atoms with Gasteiger partial charge in [-0.3, -0.25) is 4.79 Å². The van der Waals surface area contributed by atoms with Gasteiger partial charge in [0.25, 0.3) is 5.91 Å². The molecule has 3 rings (SSSR count). The first-order chi connectivity index (χ1) is 13.4. The van der Waals surface area contributed by atoms with Gasteiger partial charge in [-0.15, -0.1) is 0 Å². The number of carbonyl (C=O) groups is 1. The van der Waals surface area contributed by atoms with Gasteiger partial charge in [-0.2, -0.15) is 5.10 Å². The summed E-state index contributed by atoms with van der Waals surface area (Å²) in [5.41, 5.74) is 7.06. The number of aryl methyl sites for hydroxylation is 1. The van der Waals surface area contributed by atoms with Crippen LogP contribution in [0.1, 0.15) is 27.3 Å². The second-order valence-corrected chi connectivity index (χ2v) is 7.93. The minimum Gasteiger partial charge on any atom is -0.496 e. The van der Waals surface area contributed by atoms with Crippen molar-refractivity contribution < 1.29 is 9.53 Å². The topological polar surface area (TPSA) is 55.6 Å². The number of carbonyl (C=O) groups excluding carboxylic acids is 1. The lowest BCUT2D eigenvalue weighted by molar-refractivity contribution is 0.0952. The van der Waals surface area contributed by atoms with E-state index in [1.54, 1.807) is 18.3 Å². The van der Waals surface area contributed by atoms with Crippen molar-refractivity contribution in [1.82, 2.24) is 9.99 Å². The molecule has 28 heavy (non-hydrogen) atoms. The summed E-state index contributed by atoms with van der Waals surface area (Å²) in [7, 11) is 1.53. The van der Waals surface area contributed by atoms with Crippen LogP contribution in [0.4, 0.5) is 0 Å². The monoisotopic (exact) mass is 503 g/mol. The summed E-state index contributed by atoms with van der Waals surface area (Å²) >= 11 is 6.97. The molecule has 0 radical (unpaired) electrons. The lowest BCUT2D eigenvalue weighted by Crippen LogP contribution is -2.18. The van der Waals surface area contributed by atoms with E-state index in [4.69, 9.17) is 4.74 Å². The minimum absolute atomic E-state index is 0.339. The fourth-order valence-electron chi connectivity index (χ4n) is 3.00. The van der Waals surface area contributed by atoms with E-state index in [2.05, 4.69) is 47.0 Å². The van der Waals surface area contributed by atoms with Gasteiger partial charge in [-0.05, 0) is 66.2 Å². The van der Waals surface area contributed by atoms with Gasteiger partial charge >= 0.3 is 0 Å². The summed E-state index contributed by atoms with van der Waals surface area (Å²) < 4.78 is 9.19. The van der Waals surface area contributed by atoms with Gasteiger partial charge in [0.15, 0.2) is 0 Å². The quantitative estimate of drug-likeness (QED) is 0.374. The Hall–Kier alpha value is -2.38. The zero-order valence-electron chi connectivity index (χ0n) is 15.7. The predicted molar refractivity (Wildman–Crippen MR) is 119 cm³/mol. The second kappa shape index (κ2) is 8.75. The van der Waals surface area contributed by atoms with Crippen molar-refractivity contribution in [2.24, 2.45) is 5.10 Å². The number of hydrogen-bond acceptors (Lipinski definition) is 3. The molecule has 144 valence electrons. The van der Waals surface area contributed by atoms with Gasteiger partial charge in [0, 0.05) is 25.9 Å². The van der Waals surface area contributed by atoms with Crippen molar-refractivity contribution in [1.29, 1.82) is 0 Å². The van der Waals surface area contributed by atoms with Crippen LogP contribution in [-0.2, 0) is 0 Å². The largest absolute Gasteiger partial charge is 0.496 e. The average Bonchev–Trinajstić information content (AvgIpc) is 2.95. The van der Waals surface area contributed by atoms with Crippen molar-refractivity contribution >= 4 is 44.0 Å². The third-order valence-corrected chi connectivity index (χ3v) is 5.50. The van der Waals surface area contributed by atoms with Crippen molar-refractivity contribution in [2.45, 2.75) is 13.8 Å². The van der Waals surface area contributed by atoms with Gasteiger partial charge in [-0.25, -0.2) is 5.43 Å². The van der Waals surface area contributed by atoms with E-state index >= 15 is 0 Å². The van der Waals surface area contributed by atoms with E-state index in [-0.39, 0.29) is 5.91 Å². The summed E-state index contributed by atoms with van der Waals surface area (Å²) in [6.45, 7) is 4.06. The summed E-state index contributed by atoms with van der Waals surface area (Å²) in [6, 6.07) is 15.3. The molecule has 5 nitrogen and oxygen atoms in total. The number of amides is 1. The Morgan fingerprint density at radius 2 is 1.89 bits per heavy atom. The zero-order chi connectivity index (χ0) is 20.3. The normalized spacial score (nSPS) is 11.0. The Labute approximate surface area is 180 Å². The highest BCUT2D eigenvalue weighted by Gasteiger charge is 2.13. The summed E-state index contributed by atoms with van der Waals surface area (Å²) in [6.07, 6.45) is 1.65. The van der Waals surface area contributed by atoms with Gasteiger partial charge < -0.3 is 9.30 Å². The molecule has 0 aliphatic rings. The number of hydrazone groups is 1. The van der Waals surface area contributed by atoms with Gasteiger partial charge in [0.1, 0.15) is 5.75 Å². The highest BCUT2D eigenvalue weighted by molar-refractivity contribution is 9.10. The van der Waals surface area contributed by atoms with Crippen LogP contribution in [0.25, 0.3) is 5.69 Å². The number of nitrogens with zero attached hydrogens (tertiary/aromatic N) is 2. The molecule has 0 saturated heterocycles. The number of rotatable bonds is 5. The van der Waals surface area contributed by atoms with Crippen LogP contribution >= 0.6 is 31.9 Å². The number of hydrogen-bond donors (Lipinski definition) is 1. The molecule has 1 aromatic heterocycles. The predicted octanol–water partition coefficient (Wildman–Crippen LogP) is 5.39. The highest BCUT2D eigenvalue weighted by Crippen LogP contribution is 2.26. The molecule has 2 aromatic carbocycles. The Balaban J connectivity index is 1.83. The maximum Gasteiger partial charge on any atom is 0.275 e. The smallest absolute Gasteiger partial charge is 0.275 e.